The molecule has 2 amide bonds. The van der Waals surface area contributed by atoms with Gasteiger partial charge in [-0.05, 0) is 50.5 Å². The fourth-order valence-electron chi connectivity index (χ4n) is 2.89. The van der Waals surface area contributed by atoms with Gasteiger partial charge < -0.3 is 10.6 Å². The van der Waals surface area contributed by atoms with E-state index >= 15 is 0 Å². The number of rotatable bonds is 6. The van der Waals surface area contributed by atoms with Crippen molar-refractivity contribution in [1.82, 2.24) is 5.32 Å². The summed E-state index contributed by atoms with van der Waals surface area (Å²) in [6.45, 7) is 3.41. The molecule has 0 heterocycles. The molecule has 1 aliphatic carbocycles. The van der Waals surface area contributed by atoms with Gasteiger partial charge in [0.2, 0.25) is 5.91 Å². The number of hydrogen-bond donors (Lipinski definition) is 2. The first kappa shape index (κ1) is 18.6. The maximum Gasteiger partial charge on any atom is 0.285 e. The zero-order valence-electron chi connectivity index (χ0n) is 15.2. The van der Waals surface area contributed by atoms with Gasteiger partial charge in [-0.15, -0.1) is 0 Å². The summed E-state index contributed by atoms with van der Waals surface area (Å²) in [7, 11) is 0. The highest BCUT2D eigenvalue weighted by Gasteiger charge is 2.29. The number of nitrogens with zero attached hydrogens (tertiary/aromatic N) is 1. The molecular formula is C20H21N3O4. The minimum Gasteiger partial charge on any atom is -0.345 e. The predicted molar refractivity (Wildman–Crippen MR) is 102 cm³/mol. The van der Waals surface area contributed by atoms with E-state index in [-0.39, 0.29) is 29.1 Å². The SMILES string of the molecule is Cc1cccc(C(=O)NC(C)c2ccc(NC(=O)C3CC3)cc2)c1[N+](=O)[O-]. The molecule has 0 saturated heterocycles. The quantitative estimate of drug-likeness (QED) is 0.600. The number of anilines is 1. The number of amides is 2. The molecule has 7 heteroatoms. The third-order valence-electron chi connectivity index (χ3n) is 4.64. The van der Waals surface area contributed by atoms with Crippen LogP contribution < -0.4 is 10.6 Å². The van der Waals surface area contributed by atoms with E-state index in [1.807, 2.05) is 12.1 Å². The number of benzene rings is 2. The van der Waals surface area contributed by atoms with Crippen LogP contribution in [-0.2, 0) is 4.79 Å². The predicted octanol–water partition coefficient (Wildman–Crippen LogP) is 3.74. The second kappa shape index (κ2) is 7.57. The number of carbonyl (C=O) groups is 2. The van der Waals surface area contributed by atoms with Gasteiger partial charge >= 0.3 is 0 Å². The van der Waals surface area contributed by atoms with E-state index in [4.69, 9.17) is 0 Å². The second-order valence-corrected chi connectivity index (χ2v) is 6.81. The maximum atomic E-state index is 12.5. The topological polar surface area (TPSA) is 101 Å². The molecule has 140 valence electrons. The van der Waals surface area contributed by atoms with Crippen LogP contribution in [0.15, 0.2) is 42.5 Å². The molecule has 0 radical (unpaired) electrons. The zero-order chi connectivity index (χ0) is 19.6. The van der Waals surface area contributed by atoms with Crippen LogP contribution in [-0.4, -0.2) is 16.7 Å². The minimum absolute atomic E-state index is 0.0378. The normalized spacial score (nSPS) is 14.3. The zero-order valence-corrected chi connectivity index (χ0v) is 15.2. The summed E-state index contributed by atoms with van der Waals surface area (Å²) in [5.74, 6) is -0.326. The Bertz CT molecular complexity index is 889. The first-order valence-electron chi connectivity index (χ1n) is 8.82. The standard InChI is InChI=1S/C20H21N3O4/c1-12-4-3-5-17(18(12)23(26)27)20(25)21-13(2)14-8-10-16(11-9-14)22-19(24)15-6-7-15/h3-5,8-11,13,15H,6-7H2,1-2H3,(H,21,25)(H,22,24). The molecule has 0 aromatic heterocycles. The van der Waals surface area contributed by atoms with E-state index in [9.17, 15) is 19.7 Å². The lowest BCUT2D eigenvalue weighted by molar-refractivity contribution is -0.385. The van der Waals surface area contributed by atoms with E-state index in [0.717, 1.165) is 18.4 Å². The highest BCUT2D eigenvalue weighted by atomic mass is 16.6. The molecule has 1 saturated carbocycles. The molecular weight excluding hydrogens is 346 g/mol. The molecule has 7 nitrogen and oxygen atoms in total. The first-order valence-corrected chi connectivity index (χ1v) is 8.82. The van der Waals surface area contributed by atoms with Crippen molar-refractivity contribution in [3.05, 3.63) is 69.3 Å². The van der Waals surface area contributed by atoms with Crippen molar-refractivity contribution in [2.75, 3.05) is 5.32 Å². The Balaban J connectivity index is 1.69. The third kappa shape index (κ3) is 4.31. The molecule has 0 aliphatic heterocycles. The molecule has 1 fully saturated rings. The van der Waals surface area contributed by atoms with Crippen LogP contribution in [0.5, 0.6) is 0 Å². The lowest BCUT2D eigenvalue weighted by atomic mass is 10.0. The molecule has 3 rings (SSSR count). The van der Waals surface area contributed by atoms with Crippen molar-refractivity contribution in [2.24, 2.45) is 5.92 Å². The van der Waals surface area contributed by atoms with E-state index in [1.54, 1.807) is 38.1 Å². The van der Waals surface area contributed by atoms with Crippen molar-refractivity contribution >= 4 is 23.2 Å². The number of hydrogen-bond acceptors (Lipinski definition) is 4. The third-order valence-corrected chi connectivity index (χ3v) is 4.64. The molecule has 2 aromatic rings. The van der Waals surface area contributed by atoms with Crippen molar-refractivity contribution in [2.45, 2.75) is 32.7 Å². The van der Waals surface area contributed by atoms with Crippen LogP contribution in [0.3, 0.4) is 0 Å². The lowest BCUT2D eigenvalue weighted by Gasteiger charge is -2.15. The molecule has 2 N–H and O–H groups in total. The van der Waals surface area contributed by atoms with Crippen LogP contribution in [0.2, 0.25) is 0 Å². The molecule has 1 aliphatic rings. The summed E-state index contributed by atoms with van der Waals surface area (Å²) in [4.78, 5) is 35.1. The Hall–Kier alpha value is -3.22. The monoisotopic (exact) mass is 367 g/mol. The van der Waals surface area contributed by atoms with Crippen LogP contribution in [0, 0.1) is 23.0 Å². The Morgan fingerprint density at radius 2 is 1.81 bits per heavy atom. The van der Waals surface area contributed by atoms with Crippen LogP contribution in [0.1, 0.15) is 47.3 Å². The van der Waals surface area contributed by atoms with Gasteiger partial charge in [-0.25, -0.2) is 0 Å². The van der Waals surface area contributed by atoms with E-state index in [2.05, 4.69) is 10.6 Å². The van der Waals surface area contributed by atoms with Gasteiger partial charge in [0.1, 0.15) is 5.56 Å². The highest BCUT2D eigenvalue weighted by Crippen LogP contribution is 2.30. The Kier molecular flexibility index (Phi) is 5.21. The summed E-state index contributed by atoms with van der Waals surface area (Å²) in [5.41, 5.74) is 1.85. The van der Waals surface area contributed by atoms with Crippen molar-refractivity contribution in [3.8, 4) is 0 Å². The summed E-state index contributed by atoms with van der Waals surface area (Å²) in [6.07, 6.45) is 1.89. The molecule has 2 aromatic carbocycles. The Morgan fingerprint density at radius 1 is 1.15 bits per heavy atom. The average molecular weight is 367 g/mol. The van der Waals surface area contributed by atoms with Crippen molar-refractivity contribution in [1.29, 1.82) is 0 Å². The number of nitro benzene ring substituents is 1. The lowest BCUT2D eigenvalue weighted by Crippen LogP contribution is -2.27. The highest BCUT2D eigenvalue weighted by molar-refractivity contribution is 5.99. The maximum absolute atomic E-state index is 12.5. The first-order chi connectivity index (χ1) is 12.9. The average Bonchev–Trinajstić information content (AvgIpc) is 3.46. The van der Waals surface area contributed by atoms with Crippen LogP contribution in [0.25, 0.3) is 0 Å². The van der Waals surface area contributed by atoms with Gasteiger partial charge in [-0.3, -0.25) is 19.7 Å². The fourth-order valence-corrected chi connectivity index (χ4v) is 2.89. The summed E-state index contributed by atoms with van der Waals surface area (Å²) in [5, 5.41) is 16.9. The number of carbonyl (C=O) groups excluding carboxylic acids is 2. The van der Waals surface area contributed by atoms with Crippen molar-refractivity contribution in [3.63, 3.8) is 0 Å². The summed E-state index contributed by atoms with van der Waals surface area (Å²) in [6, 6.07) is 11.5. The van der Waals surface area contributed by atoms with Crippen molar-refractivity contribution < 1.29 is 14.5 Å². The van der Waals surface area contributed by atoms with Gasteiger partial charge in [0.05, 0.1) is 11.0 Å². The largest absolute Gasteiger partial charge is 0.345 e. The molecule has 1 atom stereocenters. The number of nitrogens with one attached hydrogen (secondary N) is 2. The molecule has 0 spiro atoms. The van der Waals surface area contributed by atoms with E-state index in [1.165, 1.54) is 6.07 Å². The van der Waals surface area contributed by atoms with Gasteiger partial charge in [0, 0.05) is 17.2 Å². The summed E-state index contributed by atoms with van der Waals surface area (Å²) < 4.78 is 0. The molecule has 27 heavy (non-hydrogen) atoms. The van der Waals surface area contributed by atoms with Gasteiger partial charge in [0.25, 0.3) is 11.6 Å². The number of para-hydroxylation sites is 1. The Morgan fingerprint density at radius 3 is 2.41 bits per heavy atom. The van der Waals surface area contributed by atoms with E-state index in [0.29, 0.717) is 11.3 Å². The second-order valence-electron chi connectivity index (χ2n) is 6.81. The van der Waals surface area contributed by atoms with Crippen LogP contribution in [0.4, 0.5) is 11.4 Å². The summed E-state index contributed by atoms with van der Waals surface area (Å²) >= 11 is 0. The van der Waals surface area contributed by atoms with Gasteiger partial charge in [-0.2, -0.15) is 0 Å². The van der Waals surface area contributed by atoms with Crippen LogP contribution >= 0.6 is 0 Å². The smallest absolute Gasteiger partial charge is 0.285 e. The number of nitro groups is 1. The molecule has 0 bridgehead atoms. The van der Waals surface area contributed by atoms with E-state index < -0.39 is 10.8 Å². The fraction of sp³-hybridized carbons (Fsp3) is 0.300. The van der Waals surface area contributed by atoms with Gasteiger partial charge in [0.15, 0.2) is 0 Å². The number of aryl methyl sites for hydroxylation is 1. The van der Waals surface area contributed by atoms with Gasteiger partial charge in [-0.1, -0.05) is 24.3 Å². The molecule has 1 unspecified atom stereocenters. The Labute approximate surface area is 156 Å². The minimum atomic E-state index is -0.535.